The van der Waals surface area contributed by atoms with E-state index in [9.17, 15) is 9.00 Å². The van der Waals surface area contributed by atoms with E-state index in [1.165, 1.54) is 0 Å². The molecule has 84 valence electrons. The smallest absolute Gasteiger partial charge is 0.222 e. The van der Waals surface area contributed by atoms with E-state index < -0.39 is 10.8 Å². The van der Waals surface area contributed by atoms with Gasteiger partial charge in [0.05, 0.1) is 0 Å². The molecule has 4 nitrogen and oxygen atoms in total. The Bertz CT molecular complexity index is 209. The Morgan fingerprint density at radius 3 is 2.50 bits per heavy atom. The highest BCUT2D eigenvalue weighted by molar-refractivity contribution is 7.84. The molecule has 0 fully saturated rings. The number of hydrogen-bond donors (Lipinski definition) is 2. The Labute approximate surface area is 88.1 Å². The van der Waals surface area contributed by atoms with Gasteiger partial charge in [-0.1, -0.05) is 6.92 Å². The predicted molar refractivity (Wildman–Crippen MR) is 59.4 cm³/mol. The molecule has 3 unspecified atom stereocenters. The third-order valence-corrected chi connectivity index (χ3v) is 3.48. The van der Waals surface area contributed by atoms with Crippen molar-refractivity contribution in [2.75, 3.05) is 19.3 Å². The second-order valence-corrected chi connectivity index (χ2v) is 5.33. The standard InChI is InChI=1S/C9H20N2O2S/c1-7(4-5-10)9(12)11-6-8(2)14(3)13/h7-8H,4-6,10H2,1-3H3,(H,11,12). The van der Waals surface area contributed by atoms with Crippen LogP contribution < -0.4 is 11.1 Å². The largest absolute Gasteiger partial charge is 0.355 e. The van der Waals surface area contributed by atoms with Crippen molar-refractivity contribution in [2.45, 2.75) is 25.5 Å². The minimum absolute atomic E-state index is 0.00373. The van der Waals surface area contributed by atoms with Crippen molar-refractivity contribution in [3.63, 3.8) is 0 Å². The normalized spacial score (nSPS) is 17.1. The van der Waals surface area contributed by atoms with Crippen LogP contribution in [-0.4, -0.2) is 34.7 Å². The molecule has 0 heterocycles. The lowest BCUT2D eigenvalue weighted by atomic mass is 10.1. The summed E-state index contributed by atoms with van der Waals surface area (Å²) in [6.45, 7) is 4.68. The summed E-state index contributed by atoms with van der Waals surface area (Å²) >= 11 is 0. The van der Waals surface area contributed by atoms with E-state index in [0.29, 0.717) is 19.5 Å². The molecule has 0 bridgehead atoms. The molecular formula is C9H20N2O2S. The maximum absolute atomic E-state index is 11.4. The van der Waals surface area contributed by atoms with Crippen LogP contribution in [0.25, 0.3) is 0 Å². The molecule has 0 spiro atoms. The summed E-state index contributed by atoms with van der Waals surface area (Å²) in [6.07, 6.45) is 2.33. The summed E-state index contributed by atoms with van der Waals surface area (Å²) in [5, 5.41) is 2.76. The average Bonchev–Trinajstić information content (AvgIpc) is 2.13. The van der Waals surface area contributed by atoms with E-state index in [0.717, 1.165) is 0 Å². The van der Waals surface area contributed by atoms with Gasteiger partial charge in [0.1, 0.15) is 0 Å². The summed E-state index contributed by atoms with van der Waals surface area (Å²) in [4.78, 5) is 11.4. The van der Waals surface area contributed by atoms with Crippen molar-refractivity contribution in [2.24, 2.45) is 11.7 Å². The van der Waals surface area contributed by atoms with Crippen molar-refractivity contribution in [3.05, 3.63) is 0 Å². The molecule has 0 aromatic heterocycles. The number of nitrogens with two attached hydrogens (primary N) is 1. The SMILES string of the molecule is CC(CCN)C(=O)NCC(C)S(C)=O. The van der Waals surface area contributed by atoms with Crippen LogP contribution in [0.5, 0.6) is 0 Å². The van der Waals surface area contributed by atoms with Crippen molar-refractivity contribution in [1.82, 2.24) is 5.32 Å². The number of amides is 1. The summed E-state index contributed by atoms with van der Waals surface area (Å²) in [6, 6.07) is 0. The number of nitrogens with one attached hydrogen (secondary N) is 1. The molecule has 5 heteroatoms. The van der Waals surface area contributed by atoms with Crippen LogP contribution in [0.3, 0.4) is 0 Å². The van der Waals surface area contributed by atoms with Gasteiger partial charge in [-0.3, -0.25) is 9.00 Å². The quantitative estimate of drug-likeness (QED) is 0.654. The average molecular weight is 220 g/mol. The summed E-state index contributed by atoms with van der Waals surface area (Å²) in [5.41, 5.74) is 5.34. The Balaban J connectivity index is 3.78. The Kier molecular flexibility index (Phi) is 6.74. The van der Waals surface area contributed by atoms with E-state index in [4.69, 9.17) is 5.73 Å². The topological polar surface area (TPSA) is 72.2 Å². The highest BCUT2D eigenvalue weighted by Crippen LogP contribution is 2.00. The highest BCUT2D eigenvalue weighted by Gasteiger charge is 2.13. The first kappa shape index (κ1) is 13.6. The zero-order chi connectivity index (χ0) is 11.1. The van der Waals surface area contributed by atoms with Crippen LogP contribution in [-0.2, 0) is 15.6 Å². The molecule has 0 aromatic carbocycles. The molecule has 0 saturated heterocycles. The van der Waals surface area contributed by atoms with Crippen LogP contribution in [0.15, 0.2) is 0 Å². The zero-order valence-electron chi connectivity index (χ0n) is 9.08. The number of carbonyl (C=O) groups excluding carboxylic acids is 1. The van der Waals surface area contributed by atoms with Crippen LogP contribution >= 0.6 is 0 Å². The van der Waals surface area contributed by atoms with E-state index in [-0.39, 0.29) is 17.1 Å². The Hall–Kier alpha value is -0.420. The minimum atomic E-state index is -0.883. The Morgan fingerprint density at radius 2 is 2.07 bits per heavy atom. The van der Waals surface area contributed by atoms with Crippen molar-refractivity contribution < 1.29 is 9.00 Å². The van der Waals surface area contributed by atoms with Gasteiger partial charge in [0.15, 0.2) is 0 Å². The fraction of sp³-hybridized carbons (Fsp3) is 0.889. The number of hydrogen-bond acceptors (Lipinski definition) is 3. The lowest BCUT2D eigenvalue weighted by Gasteiger charge is -2.13. The van der Waals surface area contributed by atoms with Gasteiger partial charge in [0.2, 0.25) is 5.91 Å². The summed E-state index contributed by atoms with van der Waals surface area (Å²) < 4.78 is 11.0. The molecule has 3 N–H and O–H groups in total. The fourth-order valence-corrected chi connectivity index (χ4v) is 1.24. The van der Waals surface area contributed by atoms with E-state index in [2.05, 4.69) is 5.32 Å². The molecule has 0 aliphatic carbocycles. The number of rotatable bonds is 6. The maximum atomic E-state index is 11.4. The van der Waals surface area contributed by atoms with Crippen molar-refractivity contribution >= 4 is 16.7 Å². The molecule has 0 saturated carbocycles. The predicted octanol–water partition coefficient (Wildman–Crippen LogP) is -0.145. The van der Waals surface area contributed by atoms with Gasteiger partial charge in [-0.25, -0.2) is 0 Å². The first-order chi connectivity index (χ1) is 6.49. The van der Waals surface area contributed by atoms with Crippen molar-refractivity contribution in [1.29, 1.82) is 0 Å². The van der Waals surface area contributed by atoms with Gasteiger partial charge in [-0.2, -0.15) is 0 Å². The summed E-state index contributed by atoms with van der Waals surface area (Å²) in [5.74, 6) is -0.0646. The third-order valence-electron chi connectivity index (χ3n) is 2.18. The third kappa shape index (κ3) is 5.34. The molecule has 1 amide bonds. The first-order valence-electron chi connectivity index (χ1n) is 4.79. The molecule has 14 heavy (non-hydrogen) atoms. The minimum Gasteiger partial charge on any atom is -0.355 e. The molecule has 0 aliphatic heterocycles. The first-order valence-corrected chi connectivity index (χ1v) is 6.41. The van der Waals surface area contributed by atoms with Gasteiger partial charge in [-0.15, -0.1) is 0 Å². The van der Waals surface area contributed by atoms with Crippen LogP contribution in [0.2, 0.25) is 0 Å². The van der Waals surface area contributed by atoms with E-state index in [1.54, 1.807) is 6.26 Å². The fourth-order valence-electron chi connectivity index (χ4n) is 0.917. The zero-order valence-corrected chi connectivity index (χ0v) is 9.89. The molecule has 3 atom stereocenters. The molecule has 0 aliphatic rings. The molecule has 0 aromatic rings. The lowest BCUT2D eigenvalue weighted by molar-refractivity contribution is -0.124. The van der Waals surface area contributed by atoms with Crippen LogP contribution in [0, 0.1) is 5.92 Å². The second-order valence-electron chi connectivity index (χ2n) is 3.53. The van der Waals surface area contributed by atoms with Crippen LogP contribution in [0.4, 0.5) is 0 Å². The highest BCUT2D eigenvalue weighted by atomic mass is 32.2. The lowest BCUT2D eigenvalue weighted by Crippen LogP contribution is -2.36. The summed E-state index contributed by atoms with van der Waals surface area (Å²) in [7, 11) is -0.883. The number of carbonyl (C=O) groups is 1. The Morgan fingerprint density at radius 1 is 1.50 bits per heavy atom. The van der Waals surface area contributed by atoms with Gasteiger partial charge < -0.3 is 11.1 Å². The van der Waals surface area contributed by atoms with Gasteiger partial charge in [-0.05, 0) is 19.9 Å². The van der Waals surface area contributed by atoms with Gasteiger partial charge in [0.25, 0.3) is 0 Å². The molecular weight excluding hydrogens is 200 g/mol. The maximum Gasteiger partial charge on any atom is 0.222 e. The molecule has 0 radical (unpaired) electrons. The second kappa shape index (κ2) is 6.95. The van der Waals surface area contributed by atoms with Crippen LogP contribution in [0.1, 0.15) is 20.3 Å². The monoisotopic (exact) mass is 220 g/mol. The van der Waals surface area contributed by atoms with E-state index >= 15 is 0 Å². The van der Waals surface area contributed by atoms with Gasteiger partial charge >= 0.3 is 0 Å². The van der Waals surface area contributed by atoms with Crippen molar-refractivity contribution in [3.8, 4) is 0 Å². The van der Waals surface area contributed by atoms with Gasteiger partial charge in [0, 0.05) is 34.8 Å². The van der Waals surface area contributed by atoms with E-state index in [1.807, 2.05) is 13.8 Å². The molecule has 0 rings (SSSR count).